The van der Waals surface area contributed by atoms with Gasteiger partial charge in [0.25, 0.3) is 0 Å². The maximum atomic E-state index is 12.1. The minimum atomic E-state index is -3.65. The van der Waals surface area contributed by atoms with Crippen LogP contribution in [0.3, 0.4) is 0 Å². The highest BCUT2D eigenvalue weighted by Gasteiger charge is 2.17. The van der Waals surface area contributed by atoms with Gasteiger partial charge < -0.3 is 4.42 Å². The molecule has 1 N–H and O–H groups in total. The Labute approximate surface area is 127 Å². The minimum Gasteiger partial charge on any atom is -0.469 e. The normalized spacial score (nSPS) is 11.7. The van der Waals surface area contributed by atoms with Crippen LogP contribution in [0.25, 0.3) is 0 Å². The number of sulfonamides is 1. The first kappa shape index (κ1) is 15.4. The van der Waals surface area contributed by atoms with Crippen molar-refractivity contribution in [2.45, 2.75) is 17.7 Å². The van der Waals surface area contributed by atoms with Crippen molar-refractivity contribution in [2.75, 3.05) is 6.54 Å². The van der Waals surface area contributed by atoms with Crippen LogP contribution in [0, 0.1) is 0 Å². The first-order chi connectivity index (χ1) is 9.49. The van der Waals surface area contributed by atoms with Crippen LogP contribution in [-0.2, 0) is 16.4 Å². The van der Waals surface area contributed by atoms with E-state index in [4.69, 9.17) is 27.6 Å². The maximum absolute atomic E-state index is 12.1. The number of hydrogen-bond acceptors (Lipinski definition) is 3. The van der Waals surface area contributed by atoms with Crippen LogP contribution < -0.4 is 4.72 Å². The Morgan fingerprint density at radius 1 is 1.20 bits per heavy atom. The van der Waals surface area contributed by atoms with E-state index in [1.54, 1.807) is 18.4 Å². The third-order valence-electron chi connectivity index (χ3n) is 2.65. The van der Waals surface area contributed by atoms with Crippen LogP contribution >= 0.6 is 23.2 Å². The van der Waals surface area contributed by atoms with Crippen LogP contribution in [0.1, 0.15) is 12.2 Å². The third-order valence-corrected chi connectivity index (χ3v) is 4.83. The van der Waals surface area contributed by atoms with Crippen LogP contribution in [0.4, 0.5) is 0 Å². The molecular formula is C13H13Cl2NO3S. The van der Waals surface area contributed by atoms with E-state index in [2.05, 4.69) is 4.72 Å². The molecule has 20 heavy (non-hydrogen) atoms. The van der Waals surface area contributed by atoms with E-state index >= 15 is 0 Å². The van der Waals surface area contributed by atoms with E-state index in [0.29, 0.717) is 24.4 Å². The largest absolute Gasteiger partial charge is 0.469 e. The molecule has 0 aliphatic carbocycles. The van der Waals surface area contributed by atoms with Crippen molar-refractivity contribution in [2.24, 2.45) is 0 Å². The molecule has 2 rings (SSSR count). The van der Waals surface area contributed by atoms with Gasteiger partial charge in [0.15, 0.2) is 0 Å². The number of rotatable bonds is 6. The van der Waals surface area contributed by atoms with Crippen molar-refractivity contribution in [1.29, 1.82) is 0 Å². The highest BCUT2D eigenvalue weighted by Crippen LogP contribution is 2.24. The van der Waals surface area contributed by atoms with Crippen molar-refractivity contribution < 1.29 is 12.8 Å². The molecule has 0 bridgehead atoms. The second-order valence-corrected chi connectivity index (χ2v) is 6.73. The van der Waals surface area contributed by atoms with Gasteiger partial charge in [-0.1, -0.05) is 23.2 Å². The molecule has 7 heteroatoms. The van der Waals surface area contributed by atoms with Gasteiger partial charge in [-0.15, -0.1) is 0 Å². The fourth-order valence-corrected chi connectivity index (χ4v) is 3.52. The smallest absolute Gasteiger partial charge is 0.242 e. The number of halogens is 2. The number of aryl methyl sites for hydroxylation is 1. The molecular weight excluding hydrogens is 321 g/mol. The Balaban J connectivity index is 1.95. The Morgan fingerprint density at radius 3 is 2.70 bits per heavy atom. The van der Waals surface area contributed by atoms with E-state index in [1.165, 1.54) is 12.1 Å². The van der Waals surface area contributed by atoms with Gasteiger partial charge in [0.1, 0.15) is 10.7 Å². The second kappa shape index (κ2) is 6.63. The van der Waals surface area contributed by atoms with Gasteiger partial charge >= 0.3 is 0 Å². The Bertz CT molecular complexity index is 669. The summed E-state index contributed by atoms with van der Waals surface area (Å²) in [6, 6.07) is 7.98. The fraction of sp³-hybridized carbons (Fsp3) is 0.231. The summed E-state index contributed by atoms with van der Waals surface area (Å²) in [5, 5.41) is 0.471. The van der Waals surface area contributed by atoms with Gasteiger partial charge in [-0.2, -0.15) is 0 Å². The fourth-order valence-electron chi connectivity index (χ4n) is 1.68. The number of benzene rings is 1. The molecule has 4 nitrogen and oxygen atoms in total. The summed E-state index contributed by atoms with van der Waals surface area (Å²) < 4.78 is 31.8. The monoisotopic (exact) mass is 333 g/mol. The Morgan fingerprint density at radius 2 is 2.00 bits per heavy atom. The van der Waals surface area contributed by atoms with Crippen molar-refractivity contribution in [1.82, 2.24) is 4.72 Å². The molecule has 108 valence electrons. The zero-order chi connectivity index (χ0) is 14.6. The van der Waals surface area contributed by atoms with E-state index in [-0.39, 0.29) is 9.92 Å². The minimum absolute atomic E-state index is 0.00957. The summed E-state index contributed by atoms with van der Waals surface area (Å²) in [7, 11) is -3.65. The van der Waals surface area contributed by atoms with Crippen molar-refractivity contribution in [3.8, 4) is 0 Å². The molecule has 2 aromatic rings. The lowest BCUT2D eigenvalue weighted by Gasteiger charge is -2.08. The molecule has 0 amide bonds. The quantitative estimate of drug-likeness (QED) is 0.823. The Kier molecular flexibility index (Phi) is 5.10. The summed E-state index contributed by atoms with van der Waals surface area (Å²) in [4.78, 5) is -0.00957. The highest BCUT2D eigenvalue weighted by molar-refractivity contribution is 7.89. The second-order valence-electron chi connectivity index (χ2n) is 4.16. The summed E-state index contributed by atoms with van der Waals surface area (Å²) in [5.74, 6) is 0.824. The van der Waals surface area contributed by atoms with Gasteiger partial charge in [0, 0.05) is 18.0 Å². The lowest BCUT2D eigenvalue weighted by atomic mass is 10.2. The van der Waals surface area contributed by atoms with Gasteiger partial charge in [-0.3, -0.25) is 0 Å². The summed E-state index contributed by atoms with van der Waals surface area (Å²) in [5.41, 5.74) is 0. The van der Waals surface area contributed by atoms with Crippen LogP contribution in [0.15, 0.2) is 45.9 Å². The van der Waals surface area contributed by atoms with E-state index in [9.17, 15) is 8.42 Å². The van der Waals surface area contributed by atoms with Gasteiger partial charge in [0.05, 0.1) is 11.3 Å². The topological polar surface area (TPSA) is 59.3 Å². The molecule has 0 atom stereocenters. The van der Waals surface area contributed by atoms with Crippen molar-refractivity contribution in [3.63, 3.8) is 0 Å². The zero-order valence-corrected chi connectivity index (χ0v) is 12.8. The van der Waals surface area contributed by atoms with E-state index in [1.807, 2.05) is 6.07 Å². The molecule has 0 radical (unpaired) electrons. The van der Waals surface area contributed by atoms with Crippen molar-refractivity contribution in [3.05, 3.63) is 52.4 Å². The number of nitrogens with one attached hydrogen (secondary N) is 1. The van der Waals surface area contributed by atoms with Gasteiger partial charge in [0.2, 0.25) is 10.0 Å². The average Bonchev–Trinajstić information content (AvgIpc) is 2.90. The van der Waals surface area contributed by atoms with Gasteiger partial charge in [-0.25, -0.2) is 13.1 Å². The zero-order valence-electron chi connectivity index (χ0n) is 10.5. The molecule has 0 unspecified atom stereocenters. The average molecular weight is 334 g/mol. The lowest BCUT2D eigenvalue weighted by Crippen LogP contribution is -2.25. The first-order valence-corrected chi connectivity index (χ1v) is 8.20. The molecule has 1 heterocycles. The number of furan rings is 1. The van der Waals surface area contributed by atoms with E-state index in [0.717, 1.165) is 5.76 Å². The standard InChI is InChI=1S/C13H13Cl2NO3S/c14-10-5-6-12(15)13(9-10)20(17,18)16-7-1-3-11-4-2-8-19-11/h2,4-6,8-9,16H,1,3,7H2. The van der Waals surface area contributed by atoms with Gasteiger partial charge in [-0.05, 0) is 36.8 Å². The third kappa shape index (κ3) is 3.99. The molecule has 0 fully saturated rings. The van der Waals surface area contributed by atoms with E-state index < -0.39 is 10.0 Å². The predicted octanol–water partition coefficient (Wildman–Crippen LogP) is 3.50. The highest BCUT2D eigenvalue weighted by atomic mass is 35.5. The summed E-state index contributed by atoms with van der Waals surface area (Å²) in [6.45, 7) is 0.297. The molecule has 0 aliphatic heterocycles. The molecule has 0 saturated heterocycles. The Hall–Kier alpha value is -1.01. The lowest BCUT2D eigenvalue weighted by molar-refractivity contribution is 0.500. The summed E-state index contributed by atoms with van der Waals surface area (Å²) in [6.07, 6.45) is 2.88. The molecule has 1 aromatic heterocycles. The van der Waals surface area contributed by atoms with Crippen molar-refractivity contribution >= 4 is 33.2 Å². The summed E-state index contributed by atoms with van der Waals surface area (Å²) >= 11 is 11.7. The number of hydrogen-bond donors (Lipinski definition) is 1. The van der Waals surface area contributed by atoms with Crippen LogP contribution in [-0.4, -0.2) is 15.0 Å². The molecule has 0 aliphatic rings. The predicted molar refractivity (Wildman–Crippen MR) is 78.7 cm³/mol. The van der Waals surface area contributed by atoms with Crippen LogP contribution in [0.5, 0.6) is 0 Å². The molecule has 0 spiro atoms. The maximum Gasteiger partial charge on any atom is 0.242 e. The molecule has 1 aromatic carbocycles. The van der Waals surface area contributed by atoms with Crippen LogP contribution in [0.2, 0.25) is 10.0 Å². The SMILES string of the molecule is O=S(=O)(NCCCc1ccco1)c1cc(Cl)ccc1Cl. The first-order valence-electron chi connectivity index (χ1n) is 5.96. The molecule has 0 saturated carbocycles.